The van der Waals surface area contributed by atoms with Crippen molar-refractivity contribution in [2.45, 2.75) is 19.1 Å². The molecule has 2 heterocycles. The van der Waals surface area contributed by atoms with E-state index in [1.54, 1.807) is 12.0 Å². The molecule has 8 nitrogen and oxygen atoms in total. The highest BCUT2D eigenvalue weighted by atomic mass is 16.6. The molecule has 3 aromatic rings. The number of carbonyl (C=O) groups is 1. The second kappa shape index (κ2) is 8.87. The van der Waals surface area contributed by atoms with Gasteiger partial charge in [-0.2, -0.15) is 4.98 Å². The first-order valence-corrected chi connectivity index (χ1v) is 9.56. The minimum absolute atomic E-state index is 0.126. The van der Waals surface area contributed by atoms with Crippen LogP contribution in [0.3, 0.4) is 0 Å². The maximum atomic E-state index is 13.3. The first kappa shape index (κ1) is 19.8. The molecule has 0 radical (unpaired) electrons. The lowest BCUT2D eigenvalue weighted by Crippen LogP contribution is -2.31. The van der Waals surface area contributed by atoms with Crippen LogP contribution >= 0.6 is 0 Å². The van der Waals surface area contributed by atoms with E-state index in [9.17, 15) is 4.79 Å². The topological polar surface area (TPSA) is 90.1 Å². The van der Waals surface area contributed by atoms with E-state index in [1.807, 2.05) is 54.6 Å². The molecule has 154 valence electrons. The lowest BCUT2D eigenvalue weighted by molar-refractivity contribution is 0.0732. The Hall–Kier alpha value is -3.52. The third kappa shape index (κ3) is 4.08. The van der Waals surface area contributed by atoms with Crippen molar-refractivity contribution in [3.63, 3.8) is 0 Å². The third-order valence-electron chi connectivity index (χ3n) is 4.93. The van der Waals surface area contributed by atoms with Crippen LogP contribution in [0.15, 0.2) is 64.3 Å². The van der Waals surface area contributed by atoms with E-state index in [-0.39, 0.29) is 18.6 Å². The van der Waals surface area contributed by atoms with Gasteiger partial charge in [-0.15, -0.1) is 0 Å². The highest BCUT2D eigenvalue weighted by molar-refractivity contribution is 6.00. The van der Waals surface area contributed by atoms with E-state index >= 15 is 0 Å². The van der Waals surface area contributed by atoms with Crippen LogP contribution in [0.4, 0.5) is 0 Å². The Morgan fingerprint density at radius 1 is 1.13 bits per heavy atom. The van der Waals surface area contributed by atoms with Gasteiger partial charge in [0, 0.05) is 19.1 Å². The zero-order chi connectivity index (χ0) is 20.9. The van der Waals surface area contributed by atoms with Crippen LogP contribution in [0.1, 0.15) is 34.5 Å². The summed E-state index contributed by atoms with van der Waals surface area (Å²) in [6.07, 6.45) is 0.480. The molecule has 0 spiro atoms. The minimum Gasteiger partial charge on any atom is -0.399 e. The van der Waals surface area contributed by atoms with Gasteiger partial charge in [0.2, 0.25) is 0 Å². The molecule has 8 heteroatoms. The molecule has 0 aliphatic carbocycles. The van der Waals surface area contributed by atoms with Crippen LogP contribution in [0.2, 0.25) is 0 Å². The van der Waals surface area contributed by atoms with E-state index in [2.05, 4.69) is 15.3 Å². The summed E-state index contributed by atoms with van der Waals surface area (Å²) in [6, 6.07) is 17.2. The Kier molecular flexibility index (Phi) is 5.85. The summed E-state index contributed by atoms with van der Waals surface area (Å²) in [7, 11) is 3.04. The predicted molar refractivity (Wildman–Crippen MR) is 110 cm³/mol. The van der Waals surface area contributed by atoms with Gasteiger partial charge in [0.25, 0.3) is 11.8 Å². The van der Waals surface area contributed by atoms with Gasteiger partial charge in [0.15, 0.2) is 5.82 Å². The molecule has 0 N–H and O–H groups in total. The van der Waals surface area contributed by atoms with Crippen molar-refractivity contribution < 1.29 is 18.9 Å². The van der Waals surface area contributed by atoms with Crippen molar-refractivity contribution >= 4 is 11.6 Å². The van der Waals surface area contributed by atoms with E-state index < -0.39 is 0 Å². The van der Waals surface area contributed by atoms with E-state index in [0.717, 1.165) is 16.8 Å². The number of aromatic nitrogens is 2. The number of oxime groups is 1. The molecule has 0 bridgehead atoms. The SMILES string of the molecule is COCc1nc(C2C/C(=N\OC)CN2C(=O)c2ccc(-c3ccccc3)cc2)no1. The number of likely N-dealkylation sites (tertiary alicyclic amines) is 1. The molecule has 2 aromatic carbocycles. The van der Waals surface area contributed by atoms with Gasteiger partial charge in [0.1, 0.15) is 19.8 Å². The fraction of sp³-hybridized carbons (Fsp3) is 0.273. The summed E-state index contributed by atoms with van der Waals surface area (Å²) in [6.45, 7) is 0.555. The van der Waals surface area contributed by atoms with Crippen molar-refractivity contribution in [1.29, 1.82) is 0 Å². The predicted octanol–water partition coefficient (Wildman–Crippen LogP) is 3.47. The molecule has 1 atom stereocenters. The van der Waals surface area contributed by atoms with Gasteiger partial charge in [0.05, 0.1) is 12.3 Å². The second-order valence-electron chi connectivity index (χ2n) is 6.92. The number of methoxy groups -OCH3 is 1. The Morgan fingerprint density at radius 2 is 1.87 bits per heavy atom. The lowest BCUT2D eigenvalue weighted by atomic mass is 10.0. The zero-order valence-corrected chi connectivity index (χ0v) is 16.8. The van der Waals surface area contributed by atoms with Crippen LogP contribution in [-0.2, 0) is 16.2 Å². The Balaban J connectivity index is 1.59. The number of carbonyl (C=O) groups excluding carboxylic acids is 1. The smallest absolute Gasteiger partial charge is 0.254 e. The van der Waals surface area contributed by atoms with Crippen LogP contribution in [-0.4, -0.2) is 47.4 Å². The van der Waals surface area contributed by atoms with Crippen molar-refractivity contribution in [2.24, 2.45) is 5.16 Å². The fourth-order valence-electron chi connectivity index (χ4n) is 3.53. The molecule has 1 amide bonds. The molecule has 0 saturated carbocycles. The molecule has 30 heavy (non-hydrogen) atoms. The number of benzene rings is 2. The van der Waals surface area contributed by atoms with E-state index in [0.29, 0.717) is 30.2 Å². The Labute approximate surface area is 174 Å². The number of amides is 1. The molecule has 1 fully saturated rings. The number of rotatable bonds is 6. The van der Waals surface area contributed by atoms with Gasteiger partial charge >= 0.3 is 0 Å². The first-order valence-electron chi connectivity index (χ1n) is 9.56. The van der Waals surface area contributed by atoms with Gasteiger partial charge in [-0.25, -0.2) is 0 Å². The maximum Gasteiger partial charge on any atom is 0.254 e. The van der Waals surface area contributed by atoms with Crippen LogP contribution in [0.25, 0.3) is 11.1 Å². The maximum absolute atomic E-state index is 13.3. The van der Waals surface area contributed by atoms with Crippen LogP contribution < -0.4 is 0 Å². The normalized spacial score (nSPS) is 17.5. The van der Waals surface area contributed by atoms with Crippen molar-refractivity contribution in [2.75, 3.05) is 20.8 Å². The highest BCUT2D eigenvalue weighted by Gasteiger charge is 2.37. The fourth-order valence-corrected chi connectivity index (χ4v) is 3.53. The molecular weight excluding hydrogens is 384 g/mol. The van der Waals surface area contributed by atoms with E-state index in [1.165, 1.54) is 7.11 Å². The Morgan fingerprint density at radius 3 is 2.57 bits per heavy atom. The summed E-state index contributed by atoms with van der Waals surface area (Å²) >= 11 is 0. The Bertz CT molecular complexity index is 1030. The second-order valence-corrected chi connectivity index (χ2v) is 6.92. The summed E-state index contributed by atoms with van der Waals surface area (Å²) in [5.74, 6) is 0.667. The van der Waals surface area contributed by atoms with Crippen molar-refractivity contribution in [3.05, 3.63) is 71.9 Å². The van der Waals surface area contributed by atoms with Gasteiger partial charge in [-0.1, -0.05) is 52.8 Å². The van der Waals surface area contributed by atoms with Gasteiger partial charge in [-0.05, 0) is 23.3 Å². The number of hydrogen-bond acceptors (Lipinski definition) is 7. The largest absolute Gasteiger partial charge is 0.399 e. The molecule has 1 aliphatic rings. The zero-order valence-electron chi connectivity index (χ0n) is 16.8. The first-order chi connectivity index (χ1) is 14.7. The van der Waals surface area contributed by atoms with Crippen LogP contribution in [0.5, 0.6) is 0 Å². The summed E-state index contributed by atoms with van der Waals surface area (Å²) < 4.78 is 10.3. The summed E-state index contributed by atoms with van der Waals surface area (Å²) in [5.41, 5.74) is 3.48. The van der Waals surface area contributed by atoms with Crippen molar-refractivity contribution in [3.8, 4) is 11.1 Å². The van der Waals surface area contributed by atoms with Gasteiger partial charge < -0.3 is 19.0 Å². The molecule has 1 unspecified atom stereocenters. The quantitative estimate of drug-likeness (QED) is 0.582. The van der Waals surface area contributed by atoms with Crippen LogP contribution in [0, 0.1) is 0 Å². The highest BCUT2D eigenvalue weighted by Crippen LogP contribution is 2.31. The lowest BCUT2D eigenvalue weighted by Gasteiger charge is -2.21. The molecule has 4 rings (SSSR count). The molecule has 1 aromatic heterocycles. The van der Waals surface area contributed by atoms with Crippen molar-refractivity contribution in [1.82, 2.24) is 15.0 Å². The number of ether oxygens (including phenoxy) is 1. The molecular formula is C22H22N4O4. The third-order valence-corrected chi connectivity index (χ3v) is 4.93. The summed E-state index contributed by atoms with van der Waals surface area (Å²) in [4.78, 5) is 24.3. The minimum atomic E-state index is -0.380. The summed E-state index contributed by atoms with van der Waals surface area (Å²) in [5, 5.41) is 8.07. The average Bonchev–Trinajstić information content (AvgIpc) is 3.42. The standard InChI is InChI=1S/C22H22N4O4/c1-28-14-20-23-21(25-30-20)19-12-18(24-29-2)13-26(19)22(27)17-10-8-16(9-11-17)15-6-4-3-5-7-15/h3-11,19H,12-14H2,1-2H3/b24-18+. The number of nitrogens with zero attached hydrogens (tertiary/aromatic N) is 4. The van der Waals surface area contributed by atoms with E-state index in [4.69, 9.17) is 14.1 Å². The number of hydrogen-bond donors (Lipinski definition) is 0. The monoisotopic (exact) mass is 406 g/mol. The molecule has 1 saturated heterocycles. The molecule has 1 aliphatic heterocycles. The average molecular weight is 406 g/mol. The van der Waals surface area contributed by atoms with Gasteiger partial charge in [-0.3, -0.25) is 4.79 Å².